The Labute approximate surface area is 186 Å². The molecule has 0 spiro atoms. The molecular weight excluding hydrogens is 446 g/mol. The fourth-order valence-corrected chi connectivity index (χ4v) is 4.49. The zero-order valence-electron chi connectivity index (χ0n) is 17.0. The van der Waals surface area contributed by atoms with Gasteiger partial charge in [-0.3, -0.25) is 0 Å². The lowest BCUT2D eigenvalue weighted by atomic mass is 10.3. The summed E-state index contributed by atoms with van der Waals surface area (Å²) < 4.78 is 43.2. The second-order valence-corrected chi connectivity index (χ2v) is 8.80. The number of ether oxygens (including phenoxy) is 3. The van der Waals surface area contributed by atoms with Crippen molar-refractivity contribution < 1.29 is 27.4 Å². The minimum absolute atomic E-state index is 0.0380. The molecule has 3 rings (SSSR count). The highest BCUT2D eigenvalue weighted by molar-refractivity contribution is 7.89. The summed E-state index contributed by atoms with van der Waals surface area (Å²) in [6.07, 6.45) is 0. The standard InChI is InChI=1S/C20H24ClN3O6S/c1-2-29-18-5-3-4-6-19(18)30-14-22-20(25)23-17-13-15(7-8-16(17)21)31(26,27)24-9-11-28-12-10-24/h3-8,13H,2,9-12,14H2,1H3,(H2,22,23,25). The summed E-state index contributed by atoms with van der Waals surface area (Å²) in [5, 5.41) is 5.29. The lowest BCUT2D eigenvalue weighted by Crippen LogP contribution is -2.40. The molecule has 0 bridgehead atoms. The predicted octanol–water partition coefficient (Wildman–Crippen LogP) is 2.92. The van der Waals surface area contributed by atoms with Gasteiger partial charge in [-0.15, -0.1) is 0 Å². The maximum absolute atomic E-state index is 12.8. The quantitative estimate of drug-likeness (QED) is 0.576. The number of rotatable bonds is 8. The van der Waals surface area contributed by atoms with Crippen LogP contribution in [-0.4, -0.2) is 58.4 Å². The molecule has 1 saturated heterocycles. The Morgan fingerprint density at radius 1 is 1.13 bits per heavy atom. The van der Waals surface area contributed by atoms with Crippen LogP contribution in [0.3, 0.4) is 0 Å². The largest absolute Gasteiger partial charge is 0.490 e. The number of para-hydroxylation sites is 2. The van der Waals surface area contributed by atoms with Crippen LogP contribution in [0.5, 0.6) is 11.5 Å². The van der Waals surface area contributed by atoms with Crippen LogP contribution in [0.25, 0.3) is 0 Å². The highest BCUT2D eigenvalue weighted by Crippen LogP contribution is 2.28. The minimum atomic E-state index is -3.72. The summed E-state index contributed by atoms with van der Waals surface area (Å²) >= 11 is 6.14. The van der Waals surface area contributed by atoms with Gasteiger partial charge in [-0.05, 0) is 37.3 Å². The van der Waals surface area contributed by atoms with Crippen molar-refractivity contribution in [1.29, 1.82) is 0 Å². The Balaban J connectivity index is 1.62. The molecule has 168 valence electrons. The molecule has 0 radical (unpaired) electrons. The molecule has 1 aliphatic heterocycles. The Morgan fingerprint density at radius 2 is 1.81 bits per heavy atom. The summed E-state index contributed by atoms with van der Waals surface area (Å²) in [6.45, 7) is 3.44. The number of morpholine rings is 1. The summed E-state index contributed by atoms with van der Waals surface area (Å²) in [5.41, 5.74) is 0.170. The number of hydrogen-bond acceptors (Lipinski definition) is 6. The van der Waals surface area contributed by atoms with E-state index in [9.17, 15) is 13.2 Å². The molecular formula is C20H24ClN3O6S. The van der Waals surface area contributed by atoms with Gasteiger partial charge in [0.2, 0.25) is 10.0 Å². The van der Waals surface area contributed by atoms with E-state index in [1.54, 1.807) is 18.2 Å². The zero-order chi connectivity index (χ0) is 22.3. The number of nitrogens with zero attached hydrogens (tertiary/aromatic N) is 1. The number of benzene rings is 2. The third kappa shape index (κ3) is 6.01. The Bertz CT molecular complexity index is 1010. The Morgan fingerprint density at radius 3 is 2.48 bits per heavy atom. The number of amides is 2. The van der Waals surface area contributed by atoms with E-state index in [2.05, 4.69) is 10.6 Å². The minimum Gasteiger partial charge on any atom is -0.490 e. The lowest BCUT2D eigenvalue weighted by Gasteiger charge is -2.26. The van der Waals surface area contributed by atoms with Crippen LogP contribution in [0.2, 0.25) is 5.02 Å². The smallest absolute Gasteiger partial charge is 0.321 e. The first kappa shape index (κ1) is 23.1. The van der Waals surface area contributed by atoms with Crippen LogP contribution in [0.1, 0.15) is 6.92 Å². The normalized spacial score (nSPS) is 14.6. The number of halogens is 1. The van der Waals surface area contributed by atoms with Gasteiger partial charge in [-0.2, -0.15) is 4.31 Å². The summed E-state index contributed by atoms with van der Waals surface area (Å²) in [5.74, 6) is 1.05. The monoisotopic (exact) mass is 469 g/mol. The number of hydrogen-bond donors (Lipinski definition) is 2. The fourth-order valence-electron chi connectivity index (χ4n) is 2.89. The van der Waals surface area contributed by atoms with E-state index in [1.807, 2.05) is 13.0 Å². The maximum Gasteiger partial charge on any atom is 0.321 e. The van der Waals surface area contributed by atoms with E-state index in [1.165, 1.54) is 22.5 Å². The van der Waals surface area contributed by atoms with Crippen LogP contribution in [0.4, 0.5) is 10.5 Å². The third-order valence-corrected chi connectivity index (χ3v) is 6.63. The molecule has 1 heterocycles. The molecule has 11 heteroatoms. The van der Waals surface area contributed by atoms with Gasteiger partial charge in [0.05, 0.1) is 35.4 Å². The molecule has 2 amide bonds. The highest BCUT2D eigenvalue weighted by Gasteiger charge is 2.27. The molecule has 2 aromatic carbocycles. The SMILES string of the molecule is CCOc1ccccc1OCNC(=O)Nc1cc(S(=O)(=O)N2CCOCC2)ccc1Cl. The molecule has 0 atom stereocenters. The van der Waals surface area contributed by atoms with Crippen LogP contribution in [0.15, 0.2) is 47.4 Å². The fraction of sp³-hybridized carbons (Fsp3) is 0.350. The van der Waals surface area contributed by atoms with E-state index in [4.69, 9.17) is 25.8 Å². The van der Waals surface area contributed by atoms with E-state index in [-0.39, 0.29) is 35.4 Å². The van der Waals surface area contributed by atoms with Crippen LogP contribution in [-0.2, 0) is 14.8 Å². The molecule has 0 aromatic heterocycles. The van der Waals surface area contributed by atoms with Crippen molar-refractivity contribution in [2.75, 3.05) is 45.0 Å². The molecule has 1 fully saturated rings. The van der Waals surface area contributed by atoms with Gasteiger partial charge in [0.15, 0.2) is 18.2 Å². The molecule has 0 saturated carbocycles. The van der Waals surface area contributed by atoms with E-state index in [0.717, 1.165) is 0 Å². The summed E-state index contributed by atoms with van der Waals surface area (Å²) in [6, 6.07) is 10.7. The first-order valence-corrected chi connectivity index (χ1v) is 11.5. The first-order chi connectivity index (χ1) is 14.9. The van der Waals surface area contributed by atoms with Gasteiger partial charge in [0, 0.05) is 13.1 Å². The molecule has 2 aromatic rings. The maximum atomic E-state index is 12.8. The second-order valence-electron chi connectivity index (χ2n) is 6.46. The number of sulfonamides is 1. The average molecular weight is 470 g/mol. The molecule has 0 unspecified atom stereocenters. The average Bonchev–Trinajstić information content (AvgIpc) is 2.77. The molecule has 1 aliphatic rings. The van der Waals surface area contributed by atoms with Crippen molar-refractivity contribution >= 4 is 33.3 Å². The van der Waals surface area contributed by atoms with Crippen molar-refractivity contribution in [3.8, 4) is 11.5 Å². The van der Waals surface area contributed by atoms with Gasteiger partial charge in [0.25, 0.3) is 0 Å². The summed E-state index contributed by atoms with van der Waals surface area (Å²) in [7, 11) is -3.72. The third-order valence-electron chi connectivity index (χ3n) is 4.40. The van der Waals surface area contributed by atoms with Crippen LogP contribution >= 0.6 is 11.6 Å². The first-order valence-electron chi connectivity index (χ1n) is 9.68. The highest BCUT2D eigenvalue weighted by atomic mass is 35.5. The van der Waals surface area contributed by atoms with E-state index in [0.29, 0.717) is 31.3 Å². The van der Waals surface area contributed by atoms with Crippen LogP contribution < -0.4 is 20.1 Å². The van der Waals surface area contributed by atoms with Gasteiger partial charge < -0.3 is 24.8 Å². The summed E-state index contributed by atoms with van der Waals surface area (Å²) in [4.78, 5) is 12.3. The van der Waals surface area contributed by atoms with Crippen molar-refractivity contribution in [3.05, 3.63) is 47.5 Å². The van der Waals surface area contributed by atoms with Gasteiger partial charge >= 0.3 is 6.03 Å². The van der Waals surface area contributed by atoms with Crippen LogP contribution in [0, 0.1) is 0 Å². The van der Waals surface area contributed by atoms with Gasteiger partial charge in [-0.25, -0.2) is 13.2 Å². The van der Waals surface area contributed by atoms with E-state index < -0.39 is 16.1 Å². The Kier molecular flexibility index (Phi) is 7.97. The second kappa shape index (κ2) is 10.7. The number of carbonyl (C=O) groups excluding carboxylic acids is 1. The molecule has 9 nitrogen and oxygen atoms in total. The lowest BCUT2D eigenvalue weighted by molar-refractivity contribution is 0.0730. The molecule has 31 heavy (non-hydrogen) atoms. The van der Waals surface area contributed by atoms with Gasteiger partial charge in [-0.1, -0.05) is 23.7 Å². The van der Waals surface area contributed by atoms with Crippen molar-refractivity contribution in [1.82, 2.24) is 9.62 Å². The number of nitrogens with one attached hydrogen (secondary N) is 2. The number of anilines is 1. The molecule has 2 N–H and O–H groups in total. The number of carbonyl (C=O) groups is 1. The zero-order valence-corrected chi connectivity index (χ0v) is 18.5. The number of urea groups is 1. The van der Waals surface area contributed by atoms with Gasteiger partial charge in [0.1, 0.15) is 0 Å². The van der Waals surface area contributed by atoms with Crippen molar-refractivity contribution in [2.24, 2.45) is 0 Å². The predicted molar refractivity (Wildman–Crippen MR) is 116 cm³/mol. The van der Waals surface area contributed by atoms with E-state index >= 15 is 0 Å². The van der Waals surface area contributed by atoms with Crippen molar-refractivity contribution in [2.45, 2.75) is 11.8 Å². The molecule has 0 aliphatic carbocycles. The topological polar surface area (TPSA) is 106 Å². The van der Waals surface area contributed by atoms with Crippen molar-refractivity contribution in [3.63, 3.8) is 0 Å². The Hall–Kier alpha value is -2.53.